The van der Waals surface area contributed by atoms with Gasteiger partial charge in [-0.2, -0.15) is 26.3 Å². The number of rotatable bonds is 2. The van der Waals surface area contributed by atoms with E-state index in [1.165, 1.54) is 5.56 Å². The number of pyridine rings is 1. The minimum atomic E-state index is -5.08. The summed E-state index contributed by atoms with van der Waals surface area (Å²) >= 11 is 0. The highest BCUT2D eigenvalue weighted by Crippen LogP contribution is 2.26. The summed E-state index contributed by atoms with van der Waals surface area (Å²) in [4.78, 5) is 41.0. The van der Waals surface area contributed by atoms with Gasteiger partial charge in [0.2, 0.25) is 0 Å². The van der Waals surface area contributed by atoms with Crippen LogP contribution in [0.5, 0.6) is 0 Å². The molecule has 10 nitrogen and oxygen atoms in total. The number of halogens is 6. The molecule has 3 aliphatic heterocycles. The SMILES string of the molecule is O=C(N1CCCC1)N1CC[C@@H]2CN(Cc3ccncc3)CCO[C@@H]2C1.O=C(O)C(F)(F)F.O=C(O)C(F)(F)F. The molecule has 1 aromatic rings. The summed E-state index contributed by atoms with van der Waals surface area (Å²) in [6.07, 6.45) is -2.94. The number of aliphatic carboxylic acids is 2. The first-order valence-corrected chi connectivity index (χ1v) is 12.1. The molecule has 220 valence electrons. The van der Waals surface area contributed by atoms with Crippen LogP contribution in [-0.4, -0.2) is 112 Å². The largest absolute Gasteiger partial charge is 0.490 e. The number of hydrogen-bond acceptors (Lipinski definition) is 6. The van der Waals surface area contributed by atoms with Crippen LogP contribution in [0, 0.1) is 5.92 Å². The standard InChI is InChI=1S/C19H28N4O2.2C2HF3O2/c24-19(22-8-1-2-9-22)23-10-5-17-14-21(11-12-25-18(17)15-23)13-16-3-6-20-7-4-16;2*3-2(4,5)1(6)7/h3-4,6-7,17-18H,1-2,5,8-15H2;2*(H,6,7)/t17-,18-;;/m1../s1. The van der Waals surface area contributed by atoms with E-state index in [2.05, 4.69) is 22.0 Å². The Hall–Kier alpha value is -3.14. The van der Waals surface area contributed by atoms with Gasteiger partial charge in [0.15, 0.2) is 0 Å². The molecule has 4 rings (SSSR count). The van der Waals surface area contributed by atoms with E-state index < -0.39 is 24.3 Å². The van der Waals surface area contributed by atoms with Crippen molar-refractivity contribution in [3.63, 3.8) is 0 Å². The second-order valence-electron chi connectivity index (χ2n) is 9.08. The Kier molecular flexibility index (Phi) is 11.8. The zero-order valence-electron chi connectivity index (χ0n) is 20.8. The molecule has 4 heterocycles. The zero-order chi connectivity index (χ0) is 29.2. The van der Waals surface area contributed by atoms with Gasteiger partial charge in [-0.25, -0.2) is 14.4 Å². The summed E-state index contributed by atoms with van der Waals surface area (Å²) in [5.74, 6) is -4.99. The lowest BCUT2D eigenvalue weighted by Gasteiger charge is -2.39. The van der Waals surface area contributed by atoms with Gasteiger partial charge in [0.25, 0.3) is 0 Å². The van der Waals surface area contributed by atoms with Crippen LogP contribution in [-0.2, 0) is 20.9 Å². The fourth-order valence-electron chi connectivity index (χ4n) is 4.29. The number of ether oxygens (including phenoxy) is 1. The van der Waals surface area contributed by atoms with Crippen LogP contribution in [0.25, 0.3) is 0 Å². The van der Waals surface area contributed by atoms with Gasteiger partial charge >= 0.3 is 30.3 Å². The molecule has 0 aromatic carbocycles. The molecule has 16 heteroatoms. The van der Waals surface area contributed by atoms with Crippen molar-refractivity contribution in [3.8, 4) is 0 Å². The van der Waals surface area contributed by atoms with Gasteiger partial charge in [-0.1, -0.05) is 0 Å². The first-order valence-electron chi connectivity index (χ1n) is 12.1. The predicted molar refractivity (Wildman–Crippen MR) is 123 cm³/mol. The van der Waals surface area contributed by atoms with Gasteiger partial charge in [-0.3, -0.25) is 9.88 Å². The van der Waals surface area contributed by atoms with Gasteiger partial charge in [-0.05, 0) is 37.0 Å². The Balaban J connectivity index is 0.000000317. The monoisotopic (exact) mass is 572 g/mol. The summed E-state index contributed by atoms with van der Waals surface area (Å²) in [7, 11) is 0. The number of hydrogen-bond donors (Lipinski definition) is 2. The smallest absolute Gasteiger partial charge is 0.475 e. The quantitative estimate of drug-likeness (QED) is 0.519. The fraction of sp³-hybridized carbons (Fsp3) is 0.652. The lowest BCUT2D eigenvalue weighted by atomic mass is 9.93. The van der Waals surface area contributed by atoms with Gasteiger partial charge in [-0.15, -0.1) is 0 Å². The number of carboxylic acid groups (broad SMARTS) is 2. The minimum absolute atomic E-state index is 0.183. The van der Waals surface area contributed by atoms with Crippen molar-refractivity contribution in [1.82, 2.24) is 19.7 Å². The summed E-state index contributed by atoms with van der Waals surface area (Å²) in [5.41, 5.74) is 1.30. The van der Waals surface area contributed by atoms with Gasteiger partial charge in [0.1, 0.15) is 0 Å². The molecule has 3 fully saturated rings. The maximum Gasteiger partial charge on any atom is 0.490 e. The number of urea groups is 1. The first-order chi connectivity index (χ1) is 18.2. The zero-order valence-corrected chi connectivity index (χ0v) is 20.8. The number of carbonyl (C=O) groups is 3. The van der Waals surface area contributed by atoms with E-state index in [1.54, 1.807) is 0 Å². The Morgan fingerprint density at radius 2 is 1.41 bits per heavy atom. The number of carboxylic acids is 2. The second-order valence-corrected chi connectivity index (χ2v) is 9.08. The molecule has 3 aliphatic rings. The Bertz CT molecular complexity index is 919. The number of amides is 2. The van der Waals surface area contributed by atoms with Crippen molar-refractivity contribution in [2.24, 2.45) is 5.92 Å². The van der Waals surface area contributed by atoms with Crippen molar-refractivity contribution < 1.29 is 55.7 Å². The van der Waals surface area contributed by atoms with Gasteiger partial charge < -0.3 is 24.7 Å². The maximum absolute atomic E-state index is 12.6. The third kappa shape index (κ3) is 10.9. The average molecular weight is 573 g/mol. The molecular weight excluding hydrogens is 542 g/mol. The second kappa shape index (κ2) is 14.3. The highest BCUT2D eigenvalue weighted by molar-refractivity contribution is 5.75. The molecule has 2 atom stereocenters. The highest BCUT2D eigenvalue weighted by atomic mass is 19.4. The van der Waals surface area contributed by atoms with E-state index in [0.717, 1.165) is 71.7 Å². The summed E-state index contributed by atoms with van der Waals surface area (Å²) in [6.45, 7) is 7.16. The number of aromatic nitrogens is 1. The highest BCUT2D eigenvalue weighted by Gasteiger charge is 2.39. The van der Waals surface area contributed by atoms with E-state index in [1.807, 2.05) is 22.2 Å². The van der Waals surface area contributed by atoms with Gasteiger partial charge in [0, 0.05) is 64.1 Å². The van der Waals surface area contributed by atoms with Crippen LogP contribution in [0.15, 0.2) is 24.5 Å². The molecule has 0 aliphatic carbocycles. The molecule has 0 radical (unpaired) electrons. The van der Waals surface area contributed by atoms with E-state index in [9.17, 15) is 31.1 Å². The van der Waals surface area contributed by atoms with Crippen LogP contribution in [0.3, 0.4) is 0 Å². The lowest BCUT2D eigenvalue weighted by molar-refractivity contribution is -0.193. The molecule has 0 spiro atoms. The number of piperidine rings is 1. The molecule has 2 amide bonds. The summed E-state index contributed by atoms with van der Waals surface area (Å²) in [6, 6.07) is 4.39. The van der Waals surface area contributed by atoms with E-state index in [0.29, 0.717) is 5.92 Å². The Labute approximate surface area is 220 Å². The van der Waals surface area contributed by atoms with Crippen LogP contribution >= 0.6 is 0 Å². The van der Waals surface area contributed by atoms with Gasteiger partial charge in [0.05, 0.1) is 12.7 Å². The number of nitrogens with zero attached hydrogens (tertiary/aromatic N) is 4. The van der Waals surface area contributed by atoms with Crippen molar-refractivity contribution >= 4 is 18.0 Å². The van der Waals surface area contributed by atoms with E-state index >= 15 is 0 Å². The van der Waals surface area contributed by atoms with E-state index in [4.69, 9.17) is 24.5 Å². The molecule has 3 saturated heterocycles. The molecular formula is C23H30F6N4O6. The molecule has 0 saturated carbocycles. The van der Waals surface area contributed by atoms with Crippen molar-refractivity contribution in [1.29, 1.82) is 0 Å². The van der Waals surface area contributed by atoms with Crippen LogP contribution in [0.1, 0.15) is 24.8 Å². The predicted octanol–water partition coefficient (Wildman–Crippen LogP) is 3.09. The van der Waals surface area contributed by atoms with Crippen LogP contribution in [0.4, 0.5) is 31.1 Å². The van der Waals surface area contributed by atoms with Crippen molar-refractivity contribution in [2.75, 3.05) is 45.9 Å². The first kappa shape index (κ1) is 32.1. The topological polar surface area (TPSA) is 124 Å². The molecule has 39 heavy (non-hydrogen) atoms. The molecule has 0 unspecified atom stereocenters. The normalized spacial score (nSPS) is 21.9. The third-order valence-electron chi connectivity index (χ3n) is 6.22. The van der Waals surface area contributed by atoms with E-state index in [-0.39, 0.29) is 12.1 Å². The van der Waals surface area contributed by atoms with Crippen LogP contribution < -0.4 is 0 Å². The maximum atomic E-state index is 12.6. The number of alkyl halides is 6. The number of likely N-dealkylation sites (tertiary alicyclic amines) is 2. The third-order valence-corrected chi connectivity index (χ3v) is 6.22. The average Bonchev–Trinajstić information content (AvgIpc) is 3.32. The minimum Gasteiger partial charge on any atom is -0.475 e. The Morgan fingerprint density at radius 3 is 1.92 bits per heavy atom. The Morgan fingerprint density at radius 1 is 0.872 bits per heavy atom. The van der Waals surface area contributed by atoms with Crippen molar-refractivity contribution in [3.05, 3.63) is 30.1 Å². The van der Waals surface area contributed by atoms with Crippen LogP contribution in [0.2, 0.25) is 0 Å². The number of fused-ring (bicyclic) bond motifs is 1. The molecule has 1 aromatic heterocycles. The number of carbonyl (C=O) groups excluding carboxylic acids is 1. The summed E-state index contributed by atoms with van der Waals surface area (Å²) < 4.78 is 69.6. The summed E-state index contributed by atoms with van der Waals surface area (Å²) in [5, 5.41) is 14.2. The fourth-order valence-corrected chi connectivity index (χ4v) is 4.29. The van der Waals surface area contributed by atoms with Crippen molar-refractivity contribution in [2.45, 2.75) is 44.3 Å². The molecule has 2 N–H and O–H groups in total. The molecule has 0 bridgehead atoms. The lowest BCUT2D eigenvalue weighted by Crippen LogP contribution is -2.52.